The number of ether oxygens (including phenoxy) is 1. The molecule has 244 valence electrons. The maximum atomic E-state index is 14.0. The molecule has 3 aromatic rings. The molecule has 1 N–H and O–H groups in total. The standard InChI is InChI=1S/C33H52N6O4S/c1-7-10-11-12-16-26(8-2)32-34-25(6)30-33(40)35-31(36-39(30)32)28-23-27(17-18-29(28)43-9-3)44(41,42)38(24(4)5)22-15-21-37-19-13-14-20-37/h17-18,23-24,26H,7-16,19-22H2,1-6H3,(H,35,36,40). The van der Waals surface area contributed by atoms with Crippen molar-refractivity contribution in [3.8, 4) is 17.1 Å². The van der Waals surface area contributed by atoms with Crippen LogP contribution in [0.2, 0.25) is 0 Å². The molecular formula is C33H52N6O4S. The fourth-order valence-electron chi connectivity index (χ4n) is 6.30. The largest absolute Gasteiger partial charge is 0.493 e. The second kappa shape index (κ2) is 15.5. The van der Waals surface area contributed by atoms with Gasteiger partial charge in [0.15, 0.2) is 11.3 Å². The summed E-state index contributed by atoms with van der Waals surface area (Å²) in [5.41, 5.74) is 1.17. The van der Waals surface area contributed by atoms with E-state index in [0.717, 1.165) is 51.1 Å². The lowest BCUT2D eigenvalue weighted by Crippen LogP contribution is -2.39. The predicted octanol–water partition coefficient (Wildman–Crippen LogP) is 6.14. The van der Waals surface area contributed by atoms with E-state index in [1.165, 1.54) is 32.1 Å². The fraction of sp³-hybridized carbons (Fsp3) is 0.667. The summed E-state index contributed by atoms with van der Waals surface area (Å²) in [5, 5.41) is 4.88. The summed E-state index contributed by atoms with van der Waals surface area (Å²) in [4.78, 5) is 23.7. The Labute approximate surface area is 263 Å². The van der Waals surface area contributed by atoms with Crippen LogP contribution in [-0.4, -0.2) is 76.0 Å². The Morgan fingerprint density at radius 1 is 1.07 bits per heavy atom. The number of benzene rings is 1. The van der Waals surface area contributed by atoms with Crippen LogP contribution in [0.25, 0.3) is 16.9 Å². The number of unbranched alkanes of at least 4 members (excludes halogenated alkanes) is 3. The Bertz CT molecular complexity index is 1540. The van der Waals surface area contributed by atoms with Gasteiger partial charge in [0.25, 0.3) is 5.56 Å². The first-order valence-corrected chi connectivity index (χ1v) is 18.1. The third-order valence-electron chi connectivity index (χ3n) is 8.70. The number of aromatic nitrogens is 4. The number of hydrogen-bond acceptors (Lipinski definition) is 7. The molecule has 1 atom stereocenters. The van der Waals surface area contributed by atoms with E-state index in [2.05, 4.69) is 23.7 Å². The van der Waals surface area contributed by atoms with Gasteiger partial charge in [0, 0.05) is 18.5 Å². The van der Waals surface area contributed by atoms with Crippen molar-refractivity contribution in [2.45, 2.75) is 116 Å². The zero-order valence-corrected chi connectivity index (χ0v) is 28.4. The minimum absolute atomic E-state index is 0.151. The summed E-state index contributed by atoms with van der Waals surface area (Å²) in [6.07, 6.45) is 9.68. The second-order valence-corrected chi connectivity index (χ2v) is 14.2. The van der Waals surface area contributed by atoms with Crippen LogP contribution in [0, 0.1) is 6.92 Å². The number of aryl methyl sites for hydroxylation is 1. The van der Waals surface area contributed by atoms with Gasteiger partial charge >= 0.3 is 0 Å². The predicted molar refractivity (Wildman–Crippen MR) is 176 cm³/mol. The molecule has 1 aromatic carbocycles. The Balaban J connectivity index is 1.73. The highest BCUT2D eigenvalue weighted by molar-refractivity contribution is 7.89. The molecule has 0 amide bonds. The lowest BCUT2D eigenvalue weighted by atomic mass is 9.97. The smallest absolute Gasteiger partial charge is 0.277 e. The first-order valence-electron chi connectivity index (χ1n) is 16.6. The minimum atomic E-state index is -3.83. The van der Waals surface area contributed by atoms with E-state index < -0.39 is 10.0 Å². The maximum Gasteiger partial charge on any atom is 0.277 e. The van der Waals surface area contributed by atoms with E-state index in [9.17, 15) is 13.2 Å². The lowest BCUT2D eigenvalue weighted by molar-refractivity contribution is 0.293. The van der Waals surface area contributed by atoms with Gasteiger partial charge in [-0.2, -0.15) is 4.31 Å². The lowest BCUT2D eigenvalue weighted by Gasteiger charge is -2.27. The molecule has 44 heavy (non-hydrogen) atoms. The molecule has 1 unspecified atom stereocenters. The van der Waals surface area contributed by atoms with Crippen LogP contribution < -0.4 is 10.3 Å². The maximum absolute atomic E-state index is 14.0. The van der Waals surface area contributed by atoms with Crippen LogP contribution in [0.15, 0.2) is 27.9 Å². The first-order chi connectivity index (χ1) is 21.1. The van der Waals surface area contributed by atoms with Crippen LogP contribution >= 0.6 is 0 Å². The van der Waals surface area contributed by atoms with Crippen molar-refractivity contribution in [1.82, 2.24) is 28.8 Å². The third kappa shape index (κ3) is 7.72. The van der Waals surface area contributed by atoms with Gasteiger partial charge in [-0.3, -0.25) is 4.79 Å². The molecule has 11 heteroatoms. The first kappa shape index (κ1) is 34.1. The van der Waals surface area contributed by atoms with E-state index in [4.69, 9.17) is 14.8 Å². The molecule has 2 aromatic heterocycles. The Hall–Kier alpha value is -2.76. The number of H-pyrrole nitrogens is 1. The Morgan fingerprint density at radius 3 is 2.48 bits per heavy atom. The summed E-state index contributed by atoms with van der Waals surface area (Å²) in [5.74, 6) is 1.65. The molecular weight excluding hydrogens is 576 g/mol. The van der Waals surface area contributed by atoms with Crippen LogP contribution in [0.4, 0.5) is 0 Å². The summed E-state index contributed by atoms with van der Waals surface area (Å²) >= 11 is 0. The van der Waals surface area contributed by atoms with E-state index in [0.29, 0.717) is 35.7 Å². The van der Waals surface area contributed by atoms with Crippen LogP contribution in [0.5, 0.6) is 5.75 Å². The van der Waals surface area contributed by atoms with Gasteiger partial charge in [-0.05, 0) is 97.6 Å². The third-order valence-corrected chi connectivity index (χ3v) is 10.8. The molecule has 3 heterocycles. The highest BCUT2D eigenvalue weighted by atomic mass is 32.2. The Kier molecular flexibility index (Phi) is 12.0. The fourth-order valence-corrected chi connectivity index (χ4v) is 8.00. The molecule has 10 nitrogen and oxygen atoms in total. The molecule has 1 fully saturated rings. The zero-order chi connectivity index (χ0) is 31.9. The van der Waals surface area contributed by atoms with Crippen molar-refractivity contribution in [3.05, 3.63) is 40.1 Å². The van der Waals surface area contributed by atoms with Gasteiger partial charge in [-0.15, -0.1) is 5.10 Å². The van der Waals surface area contributed by atoms with E-state index in [1.54, 1.807) is 27.0 Å². The quantitative estimate of drug-likeness (QED) is 0.179. The van der Waals surface area contributed by atoms with E-state index >= 15 is 0 Å². The topological polar surface area (TPSA) is 113 Å². The summed E-state index contributed by atoms with van der Waals surface area (Å²) in [7, 11) is -3.83. The van der Waals surface area contributed by atoms with Gasteiger partial charge in [0.05, 0.1) is 22.8 Å². The second-order valence-electron chi connectivity index (χ2n) is 12.3. The molecule has 1 aliphatic heterocycles. The molecule has 4 rings (SSSR count). The molecule has 0 bridgehead atoms. The monoisotopic (exact) mass is 628 g/mol. The van der Waals surface area contributed by atoms with Crippen molar-refractivity contribution >= 4 is 15.5 Å². The molecule has 0 spiro atoms. The van der Waals surface area contributed by atoms with Gasteiger partial charge in [-0.25, -0.2) is 17.9 Å². The van der Waals surface area contributed by atoms with Gasteiger partial charge in [0.1, 0.15) is 11.6 Å². The summed E-state index contributed by atoms with van der Waals surface area (Å²) in [6, 6.07) is 4.64. The summed E-state index contributed by atoms with van der Waals surface area (Å²) in [6.45, 7) is 15.7. The highest BCUT2D eigenvalue weighted by Crippen LogP contribution is 2.33. The Morgan fingerprint density at radius 2 is 1.82 bits per heavy atom. The van der Waals surface area contributed by atoms with Gasteiger partial charge < -0.3 is 14.6 Å². The van der Waals surface area contributed by atoms with Crippen molar-refractivity contribution in [3.63, 3.8) is 0 Å². The number of likely N-dealkylation sites (tertiary alicyclic amines) is 1. The van der Waals surface area contributed by atoms with E-state index in [-0.39, 0.29) is 28.2 Å². The molecule has 1 saturated heterocycles. The van der Waals surface area contributed by atoms with Crippen molar-refractivity contribution in [2.75, 3.05) is 32.8 Å². The summed E-state index contributed by atoms with van der Waals surface area (Å²) < 4.78 is 37.2. The normalized spacial score (nSPS) is 15.2. The van der Waals surface area contributed by atoms with Crippen molar-refractivity contribution in [1.29, 1.82) is 0 Å². The number of fused-ring (bicyclic) bond motifs is 1. The van der Waals surface area contributed by atoms with Gasteiger partial charge in [0.2, 0.25) is 10.0 Å². The van der Waals surface area contributed by atoms with Crippen LogP contribution in [0.1, 0.15) is 110 Å². The average Bonchev–Trinajstić information content (AvgIpc) is 3.63. The molecule has 1 aliphatic rings. The van der Waals surface area contributed by atoms with Crippen molar-refractivity contribution < 1.29 is 13.2 Å². The highest BCUT2D eigenvalue weighted by Gasteiger charge is 2.29. The number of imidazole rings is 1. The molecule has 0 radical (unpaired) electrons. The van der Waals surface area contributed by atoms with Gasteiger partial charge in [-0.1, -0.05) is 39.5 Å². The SMILES string of the molecule is CCCCCCC(CC)c1nc(C)c2c(=O)[nH]c(-c3cc(S(=O)(=O)N(CCCN4CCCC4)C(C)C)ccc3OCC)nn12. The minimum Gasteiger partial charge on any atom is -0.493 e. The number of hydrogen-bond donors (Lipinski definition) is 1. The number of nitrogens with one attached hydrogen (secondary N) is 1. The number of sulfonamides is 1. The van der Waals surface area contributed by atoms with Crippen LogP contribution in [-0.2, 0) is 10.0 Å². The number of aromatic amines is 1. The number of rotatable bonds is 17. The zero-order valence-electron chi connectivity index (χ0n) is 27.6. The van der Waals surface area contributed by atoms with Crippen molar-refractivity contribution in [2.24, 2.45) is 0 Å². The van der Waals surface area contributed by atoms with Crippen LogP contribution in [0.3, 0.4) is 0 Å². The molecule has 0 aliphatic carbocycles. The molecule has 0 saturated carbocycles. The number of nitrogens with zero attached hydrogens (tertiary/aromatic N) is 5. The average molecular weight is 629 g/mol. The van der Waals surface area contributed by atoms with E-state index in [1.807, 2.05) is 27.7 Å².